The van der Waals surface area contributed by atoms with Gasteiger partial charge in [-0.1, -0.05) is 19.9 Å². The monoisotopic (exact) mass is 255 g/mol. The second-order valence-electron chi connectivity index (χ2n) is 3.44. The molecule has 0 saturated carbocycles. The number of hydrogen-bond acceptors (Lipinski definition) is 5. The van der Waals surface area contributed by atoms with Gasteiger partial charge in [-0.2, -0.15) is 0 Å². The van der Waals surface area contributed by atoms with Crippen molar-refractivity contribution in [1.29, 1.82) is 0 Å². The Bertz CT molecular complexity index is 575. The molecule has 18 heavy (non-hydrogen) atoms. The SMILES string of the molecule is C=CC(=O)OC(CCC)n1c(=O)[nH]c(=O)[nH]c1=O. The smallest absolute Gasteiger partial charge is 0.336 e. The lowest BCUT2D eigenvalue weighted by atomic mass is 10.3. The molecule has 1 aromatic rings. The average Bonchev–Trinajstić information content (AvgIpc) is 2.27. The minimum atomic E-state index is -1.08. The van der Waals surface area contributed by atoms with E-state index in [1.165, 1.54) is 0 Å². The van der Waals surface area contributed by atoms with Gasteiger partial charge in [0.1, 0.15) is 0 Å². The van der Waals surface area contributed by atoms with E-state index in [9.17, 15) is 19.2 Å². The van der Waals surface area contributed by atoms with Crippen LogP contribution in [0.15, 0.2) is 27.0 Å². The maximum atomic E-state index is 11.5. The summed E-state index contributed by atoms with van der Waals surface area (Å²) in [4.78, 5) is 48.8. The summed E-state index contributed by atoms with van der Waals surface area (Å²) in [6, 6.07) is 0. The molecule has 0 aromatic carbocycles. The van der Waals surface area contributed by atoms with E-state index in [2.05, 4.69) is 6.58 Å². The molecule has 0 bridgehead atoms. The van der Waals surface area contributed by atoms with Gasteiger partial charge in [0, 0.05) is 12.5 Å². The predicted octanol–water partition coefficient (Wildman–Crippen LogP) is -0.747. The number of nitrogens with zero attached hydrogens (tertiary/aromatic N) is 1. The lowest BCUT2D eigenvalue weighted by Crippen LogP contribution is -2.46. The van der Waals surface area contributed by atoms with Crippen LogP contribution in [0, 0.1) is 0 Å². The van der Waals surface area contributed by atoms with Gasteiger partial charge in [0.2, 0.25) is 0 Å². The molecule has 0 fully saturated rings. The highest BCUT2D eigenvalue weighted by atomic mass is 16.6. The van der Waals surface area contributed by atoms with Gasteiger partial charge in [-0.15, -0.1) is 0 Å². The van der Waals surface area contributed by atoms with Crippen LogP contribution in [0.5, 0.6) is 0 Å². The van der Waals surface area contributed by atoms with Crippen LogP contribution in [0.3, 0.4) is 0 Å². The van der Waals surface area contributed by atoms with Crippen molar-refractivity contribution in [3.05, 3.63) is 44.1 Å². The quantitative estimate of drug-likeness (QED) is 0.531. The van der Waals surface area contributed by atoms with Crippen LogP contribution in [0.25, 0.3) is 0 Å². The molecule has 8 heteroatoms. The highest BCUT2D eigenvalue weighted by Crippen LogP contribution is 2.11. The average molecular weight is 255 g/mol. The Morgan fingerprint density at radius 3 is 2.39 bits per heavy atom. The number of hydrogen-bond donors (Lipinski definition) is 2. The molecule has 1 rings (SSSR count). The number of rotatable bonds is 5. The summed E-state index contributed by atoms with van der Waals surface area (Å²) in [5.74, 6) is -0.758. The molecule has 0 spiro atoms. The van der Waals surface area contributed by atoms with E-state index in [0.29, 0.717) is 11.0 Å². The van der Waals surface area contributed by atoms with Gasteiger partial charge in [0.05, 0.1) is 0 Å². The van der Waals surface area contributed by atoms with E-state index < -0.39 is 29.3 Å². The van der Waals surface area contributed by atoms with Crippen LogP contribution in [0.2, 0.25) is 0 Å². The number of esters is 1. The van der Waals surface area contributed by atoms with E-state index in [4.69, 9.17) is 4.74 Å². The van der Waals surface area contributed by atoms with Crippen LogP contribution >= 0.6 is 0 Å². The van der Waals surface area contributed by atoms with Crippen molar-refractivity contribution >= 4 is 5.97 Å². The van der Waals surface area contributed by atoms with Crippen LogP contribution in [-0.4, -0.2) is 20.5 Å². The van der Waals surface area contributed by atoms with Crippen LogP contribution < -0.4 is 17.1 Å². The second-order valence-corrected chi connectivity index (χ2v) is 3.44. The first-order chi connectivity index (χ1) is 8.49. The number of H-pyrrole nitrogens is 2. The van der Waals surface area contributed by atoms with Gasteiger partial charge in [-0.3, -0.25) is 9.97 Å². The van der Waals surface area contributed by atoms with Crippen molar-refractivity contribution in [2.75, 3.05) is 0 Å². The normalized spacial score (nSPS) is 11.8. The number of nitrogens with one attached hydrogen (secondary N) is 2. The molecule has 2 N–H and O–H groups in total. The third kappa shape index (κ3) is 3.06. The minimum Gasteiger partial charge on any atom is -0.438 e. The fraction of sp³-hybridized carbons (Fsp3) is 0.400. The largest absolute Gasteiger partial charge is 0.438 e. The van der Waals surface area contributed by atoms with E-state index in [1.54, 1.807) is 6.92 Å². The summed E-state index contributed by atoms with van der Waals surface area (Å²) in [6.07, 6.45) is 0.677. The van der Waals surface area contributed by atoms with Crippen molar-refractivity contribution in [1.82, 2.24) is 14.5 Å². The number of aromatic nitrogens is 3. The zero-order valence-electron chi connectivity index (χ0n) is 9.76. The van der Waals surface area contributed by atoms with Crippen molar-refractivity contribution in [2.45, 2.75) is 26.0 Å². The third-order valence-electron chi connectivity index (χ3n) is 2.12. The summed E-state index contributed by atoms with van der Waals surface area (Å²) >= 11 is 0. The van der Waals surface area contributed by atoms with Crippen molar-refractivity contribution < 1.29 is 9.53 Å². The molecule has 1 aromatic heterocycles. The molecular formula is C10H13N3O5. The minimum absolute atomic E-state index is 0.259. The summed E-state index contributed by atoms with van der Waals surface area (Å²) in [7, 11) is 0. The van der Waals surface area contributed by atoms with E-state index in [-0.39, 0.29) is 6.42 Å². The summed E-state index contributed by atoms with van der Waals surface area (Å²) in [5.41, 5.74) is -2.77. The topological polar surface area (TPSA) is 114 Å². The first-order valence-corrected chi connectivity index (χ1v) is 5.27. The maximum absolute atomic E-state index is 11.5. The highest BCUT2D eigenvalue weighted by molar-refractivity contribution is 5.81. The Balaban J connectivity index is 3.25. The maximum Gasteiger partial charge on any atom is 0.336 e. The first-order valence-electron chi connectivity index (χ1n) is 5.27. The van der Waals surface area contributed by atoms with Crippen LogP contribution in [0.4, 0.5) is 0 Å². The van der Waals surface area contributed by atoms with Gasteiger partial charge >= 0.3 is 23.0 Å². The van der Waals surface area contributed by atoms with E-state index in [0.717, 1.165) is 6.08 Å². The second kappa shape index (κ2) is 5.80. The standard InChI is InChI=1S/C10H13N3O5/c1-3-5-6(18-7(14)4-2)13-9(16)11-8(15)12-10(13)17/h4,6H,2-3,5H2,1H3,(H2,11,12,15,16,17). The zero-order valence-corrected chi connectivity index (χ0v) is 9.76. The summed E-state index contributed by atoms with van der Waals surface area (Å²) in [6.45, 7) is 5.01. The molecule has 0 aliphatic heterocycles. The van der Waals surface area contributed by atoms with Crippen LogP contribution in [0.1, 0.15) is 26.0 Å². The molecule has 8 nitrogen and oxygen atoms in total. The fourth-order valence-corrected chi connectivity index (χ4v) is 1.37. The predicted molar refractivity (Wildman–Crippen MR) is 62.2 cm³/mol. The summed E-state index contributed by atoms with van der Waals surface area (Å²) < 4.78 is 5.54. The van der Waals surface area contributed by atoms with Crippen molar-refractivity contribution in [2.24, 2.45) is 0 Å². The van der Waals surface area contributed by atoms with Crippen LogP contribution in [-0.2, 0) is 9.53 Å². The van der Waals surface area contributed by atoms with Crippen molar-refractivity contribution in [3.8, 4) is 0 Å². The molecule has 98 valence electrons. The van der Waals surface area contributed by atoms with Gasteiger partial charge in [-0.05, 0) is 0 Å². The molecule has 1 atom stereocenters. The Morgan fingerprint density at radius 2 is 1.94 bits per heavy atom. The van der Waals surface area contributed by atoms with E-state index >= 15 is 0 Å². The van der Waals surface area contributed by atoms with Gasteiger partial charge in [-0.25, -0.2) is 23.7 Å². The number of carbonyl (C=O) groups excluding carboxylic acids is 1. The number of ether oxygens (including phenoxy) is 1. The molecule has 0 saturated heterocycles. The molecular weight excluding hydrogens is 242 g/mol. The zero-order chi connectivity index (χ0) is 13.7. The molecule has 1 unspecified atom stereocenters. The molecule has 0 radical (unpaired) electrons. The van der Waals surface area contributed by atoms with Crippen molar-refractivity contribution in [3.63, 3.8) is 0 Å². The summed E-state index contributed by atoms with van der Waals surface area (Å²) in [5, 5.41) is 0. The lowest BCUT2D eigenvalue weighted by molar-refractivity contribution is -0.148. The first kappa shape index (κ1) is 13.7. The Labute approximate surface area is 101 Å². The number of aromatic amines is 2. The lowest BCUT2D eigenvalue weighted by Gasteiger charge is -2.16. The highest BCUT2D eigenvalue weighted by Gasteiger charge is 2.18. The Morgan fingerprint density at radius 1 is 1.39 bits per heavy atom. The fourth-order valence-electron chi connectivity index (χ4n) is 1.37. The molecule has 1 heterocycles. The molecule has 0 amide bonds. The number of carbonyl (C=O) groups is 1. The van der Waals surface area contributed by atoms with E-state index in [1.807, 2.05) is 9.97 Å². The van der Waals surface area contributed by atoms with Gasteiger partial charge in [0.25, 0.3) is 0 Å². The molecule has 0 aliphatic rings. The third-order valence-corrected chi connectivity index (χ3v) is 2.12. The van der Waals surface area contributed by atoms with Gasteiger partial charge in [0.15, 0.2) is 6.23 Å². The molecule has 0 aliphatic carbocycles. The van der Waals surface area contributed by atoms with Gasteiger partial charge < -0.3 is 4.74 Å². The Kier molecular flexibility index (Phi) is 4.41. The Hall–Kier alpha value is -2.38.